The van der Waals surface area contributed by atoms with Gasteiger partial charge in [-0.1, -0.05) is 6.07 Å². The van der Waals surface area contributed by atoms with Crippen molar-refractivity contribution in [2.75, 3.05) is 54.1 Å². The van der Waals surface area contributed by atoms with Crippen molar-refractivity contribution >= 4 is 11.8 Å². The standard InChI is InChI=1S/C19H27N3O5/c1-21-7-4-8-22(10-9-21)19(24)18-17(20-16(23)12-27-18)13-5-6-14(25-2)15(11-13)26-3/h5-6,11,17-18H,4,7-10,12H2,1-3H3,(H,20,23)/t17-,18+/m1/s1. The van der Waals surface area contributed by atoms with Gasteiger partial charge in [0, 0.05) is 19.6 Å². The number of methoxy groups -OCH3 is 2. The number of hydrogen-bond acceptors (Lipinski definition) is 6. The van der Waals surface area contributed by atoms with E-state index in [1.807, 2.05) is 11.0 Å². The number of rotatable bonds is 4. The molecule has 8 nitrogen and oxygen atoms in total. The number of carbonyl (C=O) groups is 2. The molecule has 3 rings (SSSR count). The van der Waals surface area contributed by atoms with Crippen molar-refractivity contribution in [3.05, 3.63) is 23.8 Å². The van der Waals surface area contributed by atoms with Crippen LogP contribution in [0, 0.1) is 0 Å². The Labute approximate surface area is 159 Å². The number of nitrogens with zero attached hydrogens (tertiary/aromatic N) is 2. The van der Waals surface area contributed by atoms with Crippen molar-refractivity contribution < 1.29 is 23.8 Å². The molecule has 148 valence electrons. The maximum absolute atomic E-state index is 13.2. The lowest BCUT2D eigenvalue weighted by molar-refractivity contribution is -0.155. The van der Waals surface area contributed by atoms with Gasteiger partial charge >= 0.3 is 0 Å². The Balaban J connectivity index is 1.84. The zero-order valence-corrected chi connectivity index (χ0v) is 16.1. The molecular weight excluding hydrogens is 350 g/mol. The quantitative estimate of drug-likeness (QED) is 0.819. The van der Waals surface area contributed by atoms with Gasteiger partial charge in [0.2, 0.25) is 5.91 Å². The molecule has 2 saturated heterocycles. The van der Waals surface area contributed by atoms with Crippen LogP contribution in [0.3, 0.4) is 0 Å². The maximum atomic E-state index is 13.2. The van der Waals surface area contributed by atoms with Crippen LogP contribution in [0.5, 0.6) is 11.5 Å². The number of amides is 2. The molecule has 2 amide bonds. The third-order valence-electron chi connectivity index (χ3n) is 5.05. The maximum Gasteiger partial charge on any atom is 0.254 e. The zero-order valence-electron chi connectivity index (χ0n) is 16.1. The molecule has 1 aromatic rings. The first-order valence-corrected chi connectivity index (χ1v) is 9.13. The summed E-state index contributed by atoms with van der Waals surface area (Å²) < 4.78 is 16.3. The zero-order chi connectivity index (χ0) is 19.4. The van der Waals surface area contributed by atoms with Gasteiger partial charge in [0.05, 0.1) is 20.3 Å². The summed E-state index contributed by atoms with van der Waals surface area (Å²) in [7, 11) is 5.16. The lowest BCUT2D eigenvalue weighted by Gasteiger charge is -2.35. The minimum Gasteiger partial charge on any atom is -0.493 e. The number of nitrogens with one attached hydrogen (secondary N) is 1. The number of hydrogen-bond donors (Lipinski definition) is 1. The molecule has 2 fully saturated rings. The first-order valence-electron chi connectivity index (χ1n) is 9.13. The molecule has 2 heterocycles. The molecule has 1 N–H and O–H groups in total. The fourth-order valence-electron chi connectivity index (χ4n) is 3.52. The van der Waals surface area contributed by atoms with Crippen LogP contribution in [0.15, 0.2) is 18.2 Å². The Bertz CT molecular complexity index is 696. The van der Waals surface area contributed by atoms with Crippen LogP contribution in [-0.4, -0.2) is 81.8 Å². The van der Waals surface area contributed by atoms with Gasteiger partial charge in [0.1, 0.15) is 6.61 Å². The molecule has 2 aliphatic rings. The summed E-state index contributed by atoms with van der Waals surface area (Å²) in [4.78, 5) is 29.1. The number of likely N-dealkylation sites (N-methyl/N-ethyl adjacent to an activating group) is 1. The van der Waals surface area contributed by atoms with Gasteiger partial charge in [-0.05, 0) is 37.7 Å². The first kappa shape index (κ1) is 19.4. The second-order valence-corrected chi connectivity index (χ2v) is 6.87. The molecule has 0 unspecified atom stereocenters. The minimum atomic E-state index is -0.760. The Morgan fingerprint density at radius 2 is 1.93 bits per heavy atom. The van der Waals surface area contributed by atoms with E-state index >= 15 is 0 Å². The van der Waals surface area contributed by atoms with E-state index in [0.717, 1.165) is 25.1 Å². The average Bonchev–Trinajstić information content (AvgIpc) is 2.91. The first-order chi connectivity index (χ1) is 13.0. The van der Waals surface area contributed by atoms with Crippen LogP contribution < -0.4 is 14.8 Å². The van der Waals surface area contributed by atoms with Crippen molar-refractivity contribution in [2.45, 2.75) is 18.6 Å². The SMILES string of the molecule is COc1ccc([C@H]2NC(=O)CO[C@@H]2C(=O)N2CCCN(C)CC2)cc1OC. The molecule has 1 aromatic carbocycles. The summed E-state index contributed by atoms with van der Waals surface area (Å²) in [5, 5.41) is 2.90. The molecule has 27 heavy (non-hydrogen) atoms. The van der Waals surface area contributed by atoms with Crippen molar-refractivity contribution in [3.63, 3.8) is 0 Å². The van der Waals surface area contributed by atoms with Crippen LogP contribution in [0.25, 0.3) is 0 Å². The number of ether oxygens (including phenoxy) is 3. The molecule has 0 saturated carbocycles. The second kappa shape index (κ2) is 8.58. The number of morpholine rings is 1. The number of carbonyl (C=O) groups excluding carboxylic acids is 2. The summed E-state index contributed by atoms with van der Waals surface area (Å²) in [6.07, 6.45) is 0.159. The highest BCUT2D eigenvalue weighted by Crippen LogP contribution is 2.33. The molecule has 0 radical (unpaired) electrons. The Kier molecular flexibility index (Phi) is 6.18. The molecule has 2 aliphatic heterocycles. The number of benzene rings is 1. The fourth-order valence-corrected chi connectivity index (χ4v) is 3.52. The predicted octanol–water partition coefficient (Wildman–Crippen LogP) is 0.424. The van der Waals surface area contributed by atoms with Crippen molar-refractivity contribution in [3.8, 4) is 11.5 Å². The highest BCUT2D eigenvalue weighted by molar-refractivity contribution is 5.86. The van der Waals surface area contributed by atoms with Crippen LogP contribution in [0.1, 0.15) is 18.0 Å². The molecule has 0 bridgehead atoms. The highest BCUT2D eigenvalue weighted by atomic mass is 16.5. The van der Waals surface area contributed by atoms with Crippen LogP contribution in [0.2, 0.25) is 0 Å². The molecule has 0 aliphatic carbocycles. The van der Waals surface area contributed by atoms with E-state index in [4.69, 9.17) is 14.2 Å². The second-order valence-electron chi connectivity index (χ2n) is 6.87. The highest BCUT2D eigenvalue weighted by Gasteiger charge is 2.39. The van der Waals surface area contributed by atoms with Crippen LogP contribution in [-0.2, 0) is 14.3 Å². The van der Waals surface area contributed by atoms with Crippen LogP contribution >= 0.6 is 0 Å². The molecular formula is C19H27N3O5. The van der Waals surface area contributed by atoms with Gasteiger partial charge in [-0.2, -0.15) is 0 Å². The fraction of sp³-hybridized carbons (Fsp3) is 0.579. The van der Waals surface area contributed by atoms with E-state index in [-0.39, 0.29) is 18.4 Å². The van der Waals surface area contributed by atoms with Crippen molar-refractivity contribution in [1.82, 2.24) is 15.1 Å². The lowest BCUT2D eigenvalue weighted by atomic mass is 9.98. The predicted molar refractivity (Wildman–Crippen MR) is 98.9 cm³/mol. The van der Waals surface area contributed by atoms with Gasteiger partial charge in [-0.25, -0.2) is 0 Å². The summed E-state index contributed by atoms with van der Waals surface area (Å²) in [5.41, 5.74) is 0.742. The van der Waals surface area contributed by atoms with Crippen LogP contribution in [0.4, 0.5) is 0 Å². The molecule has 0 aromatic heterocycles. The van der Waals surface area contributed by atoms with Gasteiger partial charge in [0.15, 0.2) is 17.6 Å². The van der Waals surface area contributed by atoms with E-state index in [2.05, 4.69) is 17.3 Å². The smallest absolute Gasteiger partial charge is 0.254 e. The van der Waals surface area contributed by atoms with E-state index < -0.39 is 12.1 Å². The average molecular weight is 377 g/mol. The van der Waals surface area contributed by atoms with Crippen molar-refractivity contribution in [1.29, 1.82) is 0 Å². The minimum absolute atomic E-state index is 0.0925. The molecule has 0 spiro atoms. The van der Waals surface area contributed by atoms with E-state index in [0.29, 0.717) is 24.6 Å². The third-order valence-corrected chi connectivity index (χ3v) is 5.05. The Morgan fingerprint density at radius 1 is 1.15 bits per heavy atom. The monoisotopic (exact) mass is 377 g/mol. The lowest BCUT2D eigenvalue weighted by Crippen LogP contribution is -2.53. The summed E-state index contributed by atoms with van der Waals surface area (Å²) >= 11 is 0. The molecule has 8 heteroatoms. The largest absolute Gasteiger partial charge is 0.493 e. The van der Waals surface area contributed by atoms with Gasteiger partial charge in [-0.3, -0.25) is 9.59 Å². The summed E-state index contributed by atoms with van der Waals surface area (Å²) in [6.45, 7) is 3.02. The van der Waals surface area contributed by atoms with E-state index in [9.17, 15) is 9.59 Å². The normalized spacial score (nSPS) is 24.1. The van der Waals surface area contributed by atoms with Gasteiger partial charge < -0.3 is 29.3 Å². The van der Waals surface area contributed by atoms with E-state index in [1.165, 1.54) is 0 Å². The third kappa shape index (κ3) is 4.33. The Hall–Kier alpha value is -2.32. The summed E-state index contributed by atoms with van der Waals surface area (Å²) in [6, 6.07) is 4.78. The Morgan fingerprint density at radius 3 is 2.67 bits per heavy atom. The molecule has 2 atom stereocenters. The topological polar surface area (TPSA) is 80.3 Å². The summed E-state index contributed by atoms with van der Waals surface area (Å²) in [5.74, 6) is 0.791. The van der Waals surface area contributed by atoms with E-state index in [1.54, 1.807) is 26.4 Å². The van der Waals surface area contributed by atoms with Crippen molar-refractivity contribution in [2.24, 2.45) is 0 Å². The van der Waals surface area contributed by atoms with Gasteiger partial charge in [-0.15, -0.1) is 0 Å². The van der Waals surface area contributed by atoms with Gasteiger partial charge in [0.25, 0.3) is 5.91 Å².